The summed E-state index contributed by atoms with van der Waals surface area (Å²) < 4.78 is 17.7. The lowest BCUT2D eigenvalue weighted by Crippen LogP contribution is -2.25. The van der Waals surface area contributed by atoms with E-state index in [0.717, 1.165) is 76.7 Å². The first kappa shape index (κ1) is 31.2. The number of fused-ring (bicyclic) bond motifs is 7. The normalized spacial score (nSPS) is 11.8. The molecule has 10 rings (SSSR count). The fourth-order valence-electron chi connectivity index (χ4n) is 8.00. The number of para-hydroxylation sites is 2. The van der Waals surface area contributed by atoms with Gasteiger partial charge in [0.2, 0.25) is 0 Å². The van der Waals surface area contributed by atoms with Gasteiger partial charge in [0.1, 0.15) is 0 Å². The first-order chi connectivity index (χ1) is 26.2. The van der Waals surface area contributed by atoms with Gasteiger partial charge >= 0.3 is 0 Å². The van der Waals surface area contributed by atoms with Gasteiger partial charge in [-0.25, -0.2) is 4.98 Å². The molecule has 0 aliphatic carbocycles. The summed E-state index contributed by atoms with van der Waals surface area (Å²) in [6.07, 6.45) is 0. The van der Waals surface area contributed by atoms with E-state index in [1.807, 2.05) is 72.8 Å². The van der Waals surface area contributed by atoms with Crippen LogP contribution >= 0.6 is 7.14 Å². The zero-order valence-electron chi connectivity index (χ0n) is 28.8. The molecule has 3 nitrogen and oxygen atoms in total. The fraction of sp³-hybridized carbons (Fsp3) is 0. The molecule has 0 radical (unpaired) electrons. The highest BCUT2D eigenvalue weighted by molar-refractivity contribution is 7.85. The van der Waals surface area contributed by atoms with Gasteiger partial charge in [0.15, 0.2) is 7.14 Å². The predicted molar refractivity (Wildman–Crippen MR) is 224 cm³/mol. The van der Waals surface area contributed by atoms with Gasteiger partial charge in [-0.3, -0.25) is 0 Å². The van der Waals surface area contributed by atoms with Crippen molar-refractivity contribution in [1.82, 2.24) is 9.55 Å². The number of nitrogens with zero attached hydrogens (tertiary/aromatic N) is 2. The van der Waals surface area contributed by atoms with Gasteiger partial charge in [-0.1, -0.05) is 164 Å². The van der Waals surface area contributed by atoms with E-state index < -0.39 is 7.14 Å². The smallest absolute Gasteiger partial charge is 0.171 e. The Morgan fingerprint density at radius 1 is 0.396 bits per heavy atom. The van der Waals surface area contributed by atoms with Crippen LogP contribution in [0.2, 0.25) is 0 Å². The molecule has 0 fully saturated rings. The lowest BCUT2D eigenvalue weighted by atomic mass is 9.95. The molecule has 0 unspecified atom stereocenters. The summed E-state index contributed by atoms with van der Waals surface area (Å²) in [5.74, 6) is 0. The zero-order chi connectivity index (χ0) is 35.4. The number of aromatic nitrogens is 2. The van der Waals surface area contributed by atoms with Gasteiger partial charge < -0.3 is 9.13 Å². The van der Waals surface area contributed by atoms with E-state index in [1.165, 1.54) is 10.8 Å². The van der Waals surface area contributed by atoms with Gasteiger partial charge in [0, 0.05) is 48.7 Å². The van der Waals surface area contributed by atoms with E-state index in [0.29, 0.717) is 0 Å². The van der Waals surface area contributed by atoms with E-state index in [-0.39, 0.29) is 0 Å². The maximum Gasteiger partial charge on any atom is 0.171 e. The highest BCUT2D eigenvalue weighted by Gasteiger charge is 2.30. The molecule has 53 heavy (non-hydrogen) atoms. The molecule has 0 aliphatic rings. The largest absolute Gasteiger partial charge is 0.309 e. The van der Waals surface area contributed by atoms with Crippen molar-refractivity contribution in [2.45, 2.75) is 0 Å². The SMILES string of the molecule is O=P(c1ccccc1)(c1ccccc1)c1cccc(-c2ccc3c4c5c(-c6ccccc6)nc6ccccc6c5ccc4n(-c4ccccc4)c3c2)c1. The van der Waals surface area contributed by atoms with Crippen LogP contribution < -0.4 is 15.9 Å². The zero-order valence-corrected chi connectivity index (χ0v) is 29.7. The second-order valence-corrected chi connectivity index (χ2v) is 16.2. The second kappa shape index (κ2) is 12.6. The molecular formula is C49H33N2OP. The Morgan fingerprint density at radius 3 is 1.68 bits per heavy atom. The average Bonchev–Trinajstić information content (AvgIpc) is 3.58. The average molecular weight is 697 g/mol. The Balaban J connectivity index is 1.26. The van der Waals surface area contributed by atoms with Crippen LogP contribution in [0.25, 0.3) is 71.6 Å². The molecule has 4 heteroatoms. The highest BCUT2D eigenvalue weighted by atomic mass is 31.2. The van der Waals surface area contributed by atoms with Crippen molar-refractivity contribution in [3.63, 3.8) is 0 Å². The molecule has 0 N–H and O–H groups in total. The number of hydrogen-bond acceptors (Lipinski definition) is 2. The molecule has 0 spiro atoms. The van der Waals surface area contributed by atoms with Crippen LogP contribution in [0.15, 0.2) is 200 Å². The molecule has 8 aromatic carbocycles. The number of rotatable bonds is 6. The second-order valence-electron chi connectivity index (χ2n) is 13.5. The third kappa shape index (κ3) is 5.04. The minimum absolute atomic E-state index is 0.813. The third-order valence-electron chi connectivity index (χ3n) is 10.4. The van der Waals surface area contributed by atoms with Crippen LogP contribution in [0.3, 0.4) is 0 Å². The Labute approximate surface area is 307 Å². The third-order valence-corrected chi connectivity index (χ3v) is 13.5. The first-order valence-electron chi connectivity index (χ1n) is 17.9. The van der Waals surface area contributed by atoms with Crippen molar-refractivity contribution < 1.29 is 4.57 Å². The van der Waals surface area contributed by atoms with Crippen LogP contribution in [0, 0.1) is 0 Å². The molecule has 0 atom stereocenters. The molecule has 2 heterocycles. The Morgan fingerprint density at radius 2 is 0.962 bits per heavy atom. The van der Waals surface area contributed by atoms with Crippen LogP contribution in [0.4, 0.5) is 0 Å². The summed E-state index contributed by atoms with van der Waals surface area (Å²) in [6, 6.07) is 68.9. The van der Waals surface area contributed by atoms with Crippen LogP contribution in [-0.2, 0) is 4.57 Å². The lowest BCUT2D eigenvalue weighted by molar-refractivity contribution is 0.592. The quantitative estimate of drug-likeness (QED) is 0.128. The lowest BCUT2D eigenvalue weighted by Gasteiger charge is -2.20. The molecule has 0 saturated carbocycles. The van der Waals surface area contributed by atoms with E-state index in [4.69, 9.17) is 4.98 Å². The van der Waals surface area contributed by atoms with Crippen molar-refractivity contribution >= 4 is 66.5 Å². The standard InChI is InChI=1S/C49H33N2OP/c52-53(38-21-9-3-10-22-38,39-23-11-4-12-24-39)40-25-15-18-35(32-40)36-28-29-43-46(33-36)51(37-19-7-2-8-20-37)45-31-30-42-41-26-13-14-27-44(41)50-49(48(42)47(43)45)34-16-5-1-6-17-34/h1-33H. The molecule has 0 aliphatic heterocycles. The molecule has 250 valence electrons. The fourth-order valence-corrected chi connectivity index (χ4v) is 10.7. The molecule has 0 amide bonds. The minimum Gasteiger partial charge on any atom is -0.309 e. The van der Waals surface area contributed by atoms with Crippen molar-refractivity contribution in [1.29, 1.82) is 0 Å². The van der Waals surface area contributed by atoms with Crippen molar-refractivity contribution in [3.8, 4) is 28.1 Å². The maximum atomic E-state index is 15.3. The molecule has 0 saturated heterocycles. The number of pyridine rings is 1. The molecular weight excluding hydrogens is 664 g/mol. The summed E-state index contributed by atoms with van der Waals surface area (Å²) >= 11 is 0. The summed E-state index contributed by atoms with van der Waals surface area (Å²) in [7, 11) is -3.15. The Hall–Kier alpha value is -6.54. The van der Waals surface area contributed by atoms with E-state index >= 15 is 4.57 Å². The van der Waals surface area contributed by atoms with Crippen LogP contribution in [0.1, 0.15) is 0 Å². The number of hydrogen-bond donors (Lipinski definition) is 0. The topological polar surface area (TPSA) is 34.9 Å². The molecule has 0 bridgehead atoms. The van der Waals surface area contributed by atoms with Gasteiger partial charge in [-0.05, 0) is 52.9 Å². The summed E-state index contributed by atoms with van der Waals surface area (Å²) in [5, 5.41) is 8.26. The Bertz CT molecular complexity index is 2970. The van der Waals surface area contributed by atoms with Crippen molar-refractivity contribution in [3.05, 3.63) is 200 Å². The van der Waals surface area contributed by atoms with Crippen LogP contribution in [0.5, 0.6) is 0 Å². The van der Waals surface area contributed by atoms with E-state index in [2.05, 4.69) is 132 Å². The van der Waals surface area contributed by atoms with Crippen molar-refractivity contribution in [2.75, 3.05) is 0 Å². The van der Waals surface area contributed by atoms with E-state index in [1.54, 1.807) is 0 Å². The van der Waals surface area contributed by atoms with Gasteiger partial charge in [-0.2, -0.15) is 0 Å². The maximum absolute atomic E-state index is 15.3. The highest BCUT2D eigenvalue weighted by Crippen LogP contribution is 2.45. The van der Waals surface area contributed by atoms with Crippen molar-refractivity contribution in [2.24, 2.45) is 0 Å². The predicted octanol–water partition coefficient (Wildman–Crippen LogP) is 11.5. The minimum atomic E-state index is -3.15. The van der Waals surface area contributed by atoms with E-state index in [9.17, 15) is 0 Å². The number of benzene rings is 8. The van der Waals surface area contributed by atoms with Gasteiger partial charge in [0.25, 0.3) is 0 Å². The summed E-state index contributed by atoms with van der Waals surface area (Å²) in [4.78, 5) is 5.32. The first-order valence-corrected chi connectivity index (χ1v) is 19.6. The molecule has 2 aromatic heterocycles. The monoisotopic (exact) mass is 696 g/mol. The summed E-state index contributed by atoms with van der Waals surface area (Å²) in [5.41, 5.74) is 8.44. The van der Waals surface area contributed by atoms with Crippen LogP contribution in [-0.4, -0.2) is 9.55 Å². The van der Waals surface area contributed by atoms with Gasteiger partial charge in [0.05, 0.1) is 22.2 Å². The Kier molecular flexibility index (Phi) is 7.42. The summed E-state index contributed by atoms with van der Waals surface area (Å²) in [6.45, 7) is 0. The molecule has 10 aromatic rings. The van der Waals surface area contributed by atoms with Gasteiger partial charge in [-0.15, -0.1) is 0 Å².